The molecule has 0 bridgehead atoms. The van der Waals surface area contributed by atoms with Crippen LogP contribution in [0.1, 0.15) is 5.56 Å². The topological polar surface area (TPSA) is 9.23 Å². The van der Waals surface area contributed by atoms with Gasteiger partial charge < -0.3 is 4.74 Å². The molecule has 0 spiro atoms. The lowest BCUT2D eigenvalue weighted by Crippen LogP contribution is -2.00. The zero-order chi connectivity index (χ0) is 14.0. The van der Waals surface area contributed by atoms with Crippen molar-refractivity contribution < 1.29 is 13.5 Å². The maximum absolute atomic E-state index is 13.5. The molecule has 0 saturated heterocycles. The molecule has 0 N–H and O–H groups in total. The molecule has 0 aliphatic carbocycles. The quantitative estimate of drug-likeness (QED) is 0.640. The first kappa shape index (κ1) is 14.6. The van der Waals surface area contributed by atoms with Gasteiger partial charge in [-0.1, -0.05) is 45.2 Å². The summed E-state index contributed by atoms with van der Waals surface area (Å²) in [5.74, 6) is -2.25. The van der Waals surface area contributed by atoms with E-state index in [0.29, 0.717) is 20.1 Å². The Labute approximate surface area is 127 Å². The van der Waals surface area contributed by atoms with Gasteiger partial charge in [0, 0.05) is 20.1 Å². The third kappa shape index (κ3) is 3.38. The highest BCUT2D eigenvalue weighted by atomic mass is 79.9. The van der Waals surface area contributed by atoms with E-state index in [9.17, 15) is 8.78 Å². The Morgan fingerprint density at radius 1 is 1.11 bits per heavy atom. The lowest BCUT2D eigenvalue weighted by molar-refractivity contribution is 0.284. The van der Waals surface area contributed by atoms with Crippen molar-refractivity contribution in [1.29, 1.82) is 0 Å². The molecule has 0 fully saturated rings. The second kappa shape index (κ2) is 6.07. The molecule has 0 atom stereocenters. The largest absolute Gasteiger partial charge is 0.486 e. The Hall–Kier alpha value is -0.840. The molecule has 0 radical (unpaired) electrons. The lowest BCUT2D eigenvalue weighted by Gasteiger charge is -2.10. The molecule has 0 saturated carbocycles. The molecule has 2 rings (SSSR count). The Bertz CT molecular complexity index is 600. The SMILES string of the molecule is Fc1cc(Br)cc(OCc2c(Cl)cccc2Cl)c1F. The second-order valence-corrected chi connectivity index (χ2v) is 5.42. The van der Waals surface area contributed by atoms with Crippen molar-refractivity contribution in [3.8, 4) is 5.75 Å². The highest BCUT2D eigenvalue weighted by Crippen LogP contribution is 2.29. The van der Waals surface area contributed by atoms with E-state index in [1.807, 2.05) is 0 Å². The fourth-order valence-corrected chi connectivity index (χ4v) is 2.37. The fraction of sp³-hybridized carbons (Fsp3) is 0.0769. The summed E-state index contributed by atoms with van der Waals surface area (Å²) < 4.78 is 32.3. The van der Waals surface area contributed by atoms with Crippen molar-refractivity contribution in [3.63, 3.8) is 0 Å². The molecule has 19 heavy (non-hydrogen) atoms. The van der Waals surface area contributed by atoms with Crippen LogP contribution in [0.3, 0.4) is 0 Å². The van der Waals surface area contributed by atoms with Crippen LogP contribution in [-0.4, -0.2) is 0 Å². The average Bonchev–Trinajstić information content (AvgIpc) is 2.34. The number of ether oxygens (including phenoxy) is 1. The molecule has 0 aliphatic rings. The van der Waals surface area contributed by atoms with Gasteiger partial charge in [-0.3, -0.25) is 0 Å². The number of hydrogen-bond acceptors (Lipinski definition) is 1. The van der Waals surface area contributed by atoms with Gasteiger partial charge in [0.1, 0.15) is 6.61 Å². The van der Waals surface area contributed by atoms with Gasteiger partial charge in [0.25, 0.3) is 0 Å². The molecule has 2 aromatic carbocycles. The Balaban J connectivity index is 2.24. The van der Waals surface area contributed by atoms with Gasteiger partial charge in [0.2, 0.25) is 5.82 Å². The van der Waals surface area contributed by atoms with Crippen LogP contribution >= 0.6 is 39.1 Å². The van der Waals surface area contributed by atoms with Gasteiger partial charge in [0.05, 0.1) is 0 Å². The van der Waals surface area contributed by atoms with Crippen LogP contribution in [0.15, 0.2) is 34.8 Å². The summed E-state index contributed by atoms with van der Waals surface area (Å²) in [6.45, 7) is -0.0503. The first-order chi connectivity index (χ1) is 8.99. The fourth-order valence-electron chi connectivity index (χ4n) is 1.46. The molecule has 2 aromatic rings. The van der Waals surface area contributed by atoms with Gasteiger partial charge in [-0.15, -0.1) is 0 Å². The summed E-state index contributed by atoms with van der Waals surface area (Å²) in [7, 11) is 0. The minimum Gasteiger partial charge on any atom is -0.486 e. The smallest absolute Gasteiger partial charge is 0.200 e. The van der Waals surface area contributed by atoms with Crippen molar-refractivity contribution in [2.75, 3.05) is 0 Å². The molecule has 0 unspecified atom stereocenters. The van der Waals surface area contributed by atoms with Crippen molar-refractivity contribution in [3.05, 3.63) is 62.0 Å². The molecular weight excluding hydrogens is 361 g/mol. The molecule has 0 amide bonds. The van der Waals surface area contributed by atoms with Crippen LogP contribution in [0.2, 0.25) is 10.0 Å². The van der Waals surface area contributed by atoms with E-state index in [4.69, 9.17) is 27.9 Å². The molecule has 0 aliphatic heterocycles. The second-order valence-electron chi connectivity index (χ2n) is 3.69. The lowest BCUT2D eigenvalue weighted by atomic mass is 10.2. The highest BCUT2D eigenvalue weighted by molar-refractivity contribution is 9.10. The van der Waals surface area contributed by atoms with E-state index in [-0.39, 0.29) is 12.4 Å². The first-order valence-electron chi connectivity index (χ1n) is 5.19. The standard InChI is InChI=1S/C13H7BrCl2F2O/c14-7-4-11(17)13(18)12(5-7)19-6-8-9(15)2-1-3-10(8)16/h1-5H,6H2. The summed E-state index contributed by atoms with van der Waals surface area (Å²) in [5.41, 5.74) is 0.519. The predicted molar refractivity (Wildman–Crippen MR) is 74.9 cm³/mol. The van der Waals surface area contributed by atoms with Gasteiger partial charge in [-0.05, 0) is 24.3 Å². The van der Waals surface area contributed by atoms with Crippen LogP contribution in [0.4, 0.5) is 8.78 Å². The Morgan fingerprint density at radius 3 is 2.37 bits per heavy atom. The number of benzene rings is 2. The monoisotopic (exact) mass is 366 g/mol. The predicted octanol–water partition coefficient (Wildman–Crippen LogP) is 5.61. The van der Waals surface area contributed by atoms with Crippen molar-refractivity contribution >= 4 is 39.1 Å². The minimum absolute atomic E-state index is 0.0503. The summed E-state index contributed by atoms with van der Waals surface area (Å²) in [6.07, 6.45) is 0. The summed E-state index contributed by atoms with van der Waals surface area (Å²) >= 11 is 15.0. The van der Waals surface area contributed by atoms with E-state index in [2.05, 4.69) is 15.9 Å². The van der Waals surface area contributed by atoms with Crippen LogP contribution in [0.25, 0.3) is 0 Å². The van der Waals surface area contributed by atoms with E-state index in [0.717, 1.165) is 6.07 Å². The number of halogens is 5. The molecule has 0 heterocycles. The Kier molecular flexibility index (Phi) is 4.66. The zero-order valence-corrected chi connectivity index (χ0v) is 12.5. The van der Waals surface area contributed by atoms with Crippen LogP contribution in [-0.2, 0) is 6.61 Å². The molecular formula is C13H7BrCl2F2O. The zero-order valence-electron chi connectivity index (χ0n) is 9.39. The summed E-state index contributed by atoms with van der Waals surface area (Å²) in [4.78, 5) is 0. The summed E-state index contributed by atoms with van der Waals surface area (Å²) in [5, 5.41) is 0.812. The van der Waals surface area contributed by atoms with Crippen molar-refractivity contribution in [2.45, 2.75) is 6.61 Å². The molecule has 6 heteroatoms. The van der Waals surface area contributed by atoms with E-state index in [1.54, 1.807) is 18.2 Å². The van der Waals surface area contributed by atoms with Crippen LogP contribution in [0.5, 0.6) is 5.75 Å². The van der Waals surface area contributed by atoms with Gasteiger partial charge in [0.15, 0.2) is 11.6 Å². The van der Waals surface area contributed by atoms with Crippen molar-refractivity contribution in [1.82, 2.24) is 0 Å². The Morgan fingerprint density at radius 2 is 1.74 bits per heavy atom. The van der Waals surface area contributed by atoms with Gasteiger partial charge >= 0.3 is 0 Å². The first-order valence-corrected chi connectivity index (χ1v) is 6.74. The third-order valence-electron chi connectivity index (χ3n) is 2.39. The van der Waals surface area contributed by atoms with E-state index < -0.39 is 11.6 Å². The third-order valence-corrected chi connectivity index (χ3v) is 3.56. The maximum Gasteiger partial charge on any atom is 0.200 e. The van der Waals surface area contributed by atoms with Crippen molar-refractivity contribution in [2.24, 2.45) is 0 Å². The highest BCUT2D eigenvalue weighted by Gasteiger charge is 2.13. The van der Waals surface area contributed by atoms with Gasteiger partial charge in [-0.25, -0.2) is 4.39 Å². The maximum atomic E-state index is 13.5. The molecule has 1 nitrogen and oxygen atoms in total. The van der Waals surface area contributed by atoms with E-state index in [1.165, 1.54) is 6.07 Å². The van der Waals surface area contributed by atoms with E-state index >= 15 is 0 Å². The van der Waals surface area contributed by atoms with Crippen LogP contribution in [0, 0.1) is 11.6 Å². The minimum atomic E-state index is -1.05. The number of rotatable bonds is 3. The van der Waals surface area contributed by atoms with Gasteiger partial charge in [-0.2, -0.15) is 4.39 Å². The number of hydrogen-bond donors (Lipinski definition) is 0. The molecule has 0 aromatic heterocycles. The average molecular weight is 368 g/mol. The normalized spacial score (nSPS) is 10.6. The van der Waals surface area contributed by atoms with Crippen LogP contribution < -0.4 is 4.74 Å². The molecule has 100 valence electrons. The summed E-state index contributed by atoms with van der Waals surface area (Å²) in [6, 6.07) is 7.33.